The maximum Gasteiger partial charge on any atom is 0.258 e. The topological polar surface area (TPSA) is 55.4 Å². The Kier molecular flexibility index (Phi) is 5.66. The number of Topliss-reactive ketones (excluding diaryl/α,β-unsaturated/α-hetero) is 1. The van der Waals surface area contributed by atoms with Crippen LogP contribution in [0.1, 0.15) is 35.3 Å². The Morgan fingerprint density at radius 3 is 2.92 bits per heavy atom. The fourth-order valence-corrected chi connectivity index (χ4v) is 3.99. The van der Waals surface area contributed by atoms with E-state index in [0.29, 0.717) is 16.3 Å². The van der Waals surface area contributed by atoms with Crippen molar-refractivity contribution in [1.82, 2.24) is 5.32 Å². The molecule has 4 nitrogen and oxygen atoms in total. The molecule has 25 heavy (non-hydrogen) atoms. The fourth-order valence-electron chi connectivity index (χ4n) is 2.70. The average Bonchev–Trinajstić information content (AvgIpc) is 2.61. The van der Waals surface area contributed by atoms with E-state index in [0.717, 1.165) is 22.6 Å². The maximum absolute atomic E-state index is 12.3. The predicted molar refractivity (Wildman–Crippen MR) is 99.6 cm³/mol. The van der Waals surface area contributed by atoms with Crippen LogP contribution in [0.4, 0.5) is 0 Å². The monoisotopic (exact) mass is 375 g/mol. The molecule has 2 aromatic carbocycles. The molecular weight excluding hydrogens is 358 g/mol. The summed E-state index contributed by atoms with van der Waals surface area (Å²) < 4.78 is 5.52. The molecule has 0 spiro atoms. The number of hydrogen-bond donors (Lipinski definition) is 1. The van der Waals surface area contributed by atoms with Gasteiger partial charge in [0.2, 0.25) is 0 Å². The summed E-state index contributed by atoms with van der Waals surface area (Å²) in [7, 11) is 0. The number of rotatable bonds is 5. The molecule has 0 radical (unpaired) electrons. The Morgan fingerprint density at radius 1 is 1.28 bits per heavy atom. The second kappa shape index (κ2) is 7.93. The highest BCUT2D eigenvalue weighted by Gasteiger charge is 2.22. The minimum absolute atomic E-state index is 0.0388. The molecule has 1 aliphatic rings. The standard InChI is InChI=1S/C19H18ClNO3S/c1-12(22)13-3-2-4-15(9-13)24-11-19(23)21-17-7-8-25-18-6-5-14(20)10-16(17)18/h2-6,9-10,17H,7-8,11H2,1H3,(H,21,23). The highest BCUT2D eigenvalue weighted by molar-refractivity contribution is 7.99. The van der Waals surface area contributed by atoms with Crippen molar-refractivity contribution in [1.29, 1.82) is 0 Å². The lowest BCUT2D eigenvalue weighted by molar-refractivity contribution is -0.123. The van der Waals surface area contributed by atoms with Crippen molar-refractivity contribution in [2.24, 2.45) is 0 Å². The Labute approximate surface area is 155 Å². The number of ether oxygens (including phenoxy) is 1. The van der Waals surface area contributed by atoms with Crippen LogP contribution in [0.5, 0.6) is 5.75 Å². The number of fused-ring (bicyclic) bond motifs is 1. The molecule has 0 fully saturated rings. The molecule has 1 N–H and O–H groups in total. The zero-order valence-electron chi connectivity index (χ0n) is 13.8. The Balaban J connectivity index is 1.61. The second-order valence-electron chi connectivity index (χ2n) is 5.81. The van der Waals surface area contributed by atoms with Crippen LogP contribution >= 0.6 is 23.4 Å². The normalized spacial score (nSPS) is 16.0. The van der Waals surface area contributed by atoms with Gasteiger partial charge in [-0.25, -0.2) is 0 Å². The van der Waals surface area contributed by atoms with Crippen molar-refractivity contribution in [2.75, 3.05) is 12.4 Å². The van der Waals surface area contributed by atoms with Gasteiger partial charge in [-0.2, -0.15) is 0 Å². The van der Waals surface area contributed by atoms with Gasteiger partial charge in [-0.3, -0.25) is 9.59 Å². The molecule has 3 rings (SSSR count). The highest BCUT2D eigenvalue weighted by atomic mass is 35.5. The van der Waals surface area contributed by atoms with Gasteiger partial charge in [-0.15, -0.1) is 11.8 Å². The van der Waals surface area contributed by atoms with E-state index in [1.165, 1.54) is 6.92 Å². The summed E-state index contributed by atoms with van der Waals surface area (Å²) in [6.07, 6.45) is 0.851. The van der Waals surface area contributed by atoms with Crippen molar-refractivity contribution in [3.05, 3.63) is 58.6 Å². The minimum Gasteiger partial charge on any atom is -0.484 e. The summed E-state index contributed by atoms with van der Waals surface area (Å²) in [5.41, 5.74) is 1.61. The molecule has 0 aliphatic carbocycles. The van der Waals surface area contributed by atoms with E-state index in [9.17, 15) is 9.59 Å². The van der Waals surface area contributed by atoms with Gasteiger partial charge in [0.1, 0.15) is 5.75 Å². The van der Waals surface area contributed by atoms with Gasteiger partial charge in [-0.1, -0.05) is 23.7 Å². The third-order valence-corrected chi connectivity index (χ3v) is 5.31. The first-order chi connectivity index (χ1) is 12.0. The van der Waals surface area contributed by atoms with Gasteiger partial charge < -0.3 is 10.1 Å². The quantitative estimate of drug-likeness (QED) is 0.793. The summed E-state index contributed by atoms with van der Waals surface area (Å²) in [6.45, 7) is 1.40. The number of halogens is 1. The third-order valence-electron chi connectivity index (χ3n) is 3.96. The number of ketones is 1. The Hall–Kier alpha value is -1.98. The third kappa shape index (κ3) is 4.55. The van der Waals surface area contributed by atoms with E-state index in [2.05, 4.69) is 5.32 Å². The van der Waals surface area contributed by atoms with Crippen molar-refractivity contribution < 1.29 is 14.3 Å². The number of benzene rings is 2. The van der Waals surface area contributed by atoms with E-state index in [1.807, 2.05) is 18.2 Å². The first-order valence-corrected chi connectivity index (χ1v) is 9.34. The van der Waals surface area contributed by atoms with Crippen molar-refractivity contribution in [2.45, 2.75) is 24.3 Å². The number of amides is 1. The molecule has 130 valence electrons. The second-order valence-corrected chi connectivity index (χ2v) is 7.39. The van der Waals surface area contributed by atoms with Crippen LogP contribution in [0.25, 0.3) is 0 Å². The van der Waals surface area contributed by atoms with E-state index >= 15 is 0 Å². The molecule has 0 saturated heterocycles. The van der Waals surface area contributed by atoms with Crippen molar-refractivity contribution in [3.8, 4) is 5.75 Å². The molecule has 6 heteroatoms. The summed E-state index contributed by atoms with van der Waals surface area (Å²) in [4.78, 5) is 24.8. The van der Waals surface area contributed by atoms with E-state index in [1.54, 1.807) is 36.0 Å². The SMILES string of the molecule is CC(=O)c1cccc(OCC(=O)NC2CCSc3ccc(Cl)cc32)c1. The zero-order valence-corrected chi connectivity index (χ0v) is 15.3. The molecule has 1 unspecified atom stereocenters. The minimum atomic E-state index is -0.198. The number of carbonyl (C=O) groups is 2. The van der Waals surface area contributed by atoms with Crippen LogP contribution < -0.4 is 10.1 Å². The number of nitrogens with one attached hydrogen (secondary N) is 1. The lowest BCUT2D eigenvalue weighted by atomic mass is 10.0. The summed E-state index contributed by atoms with van der Waals surface area (Å²) in [6, 6.07) is 12.5. The van der Waals surface area contributed by atoms with Gasteiger partial charge in [0, 0.05) is 21.2 Å². The fraction of sp³-hybridized carbons (Fsp3) is 0.263. The first-order valence-electron chi connectivity index (χ1n) is 7.98. The van der Waals surface area contributed by atoms with Gasteiger partial charge in [0.05, 0.1) is 6.04 Å². The largest absolute Gasteiger partial charge is 0.484 e. The molecule has 2 aromatic rings. The lowest BCUT2D eigenvalue weighted by Crippen LogP contribution is -2.34. The number of thioether (sulfide) groups is 1. The molecule has 0 aromatic heterocycles. The Bertz CT molecular complexity index is 809. The maximum atomic E-state index is 12.3. The van der Waals surface area contributed by atoms with Gasteiger partial charge in [-0.05, 0) is 49.2 Å². The van der Waals surface area contributed by atoms with Crippen LogP contribution in [0.3, 0.4) is 0 Å². The molecule has 0 bridgehead atoms. The van der Waals surface area contributed by atoms with Crippen LogP contribution in [-0.4, -0.2) is 24.1 Å². The van der Waals surface area contributed by atoms with Crippen molar-refractivity contribution in [3.63, 3.8) is 0 Å². The van der Waals surface area contributed by atoms with Crippen LogP contribution in [0, 0.1) is 0 Å². The average molecular weight is 376 g/mol. The van der Waals surface area contributed by atoms with E-state index < -0.39 is 0 Å². The number of hydrogen-bond acceptors (Lipinski definition) is 4. The van der Waals surface area contributed by atoms with Crippen molar-refractivity contribution >= 4 is 35.1 Å². The molecule has 1 aliphatic heterocycles. The molecular formula is C19H18ClNO3S. The smallest absolute Gasteiger partial charge is 0.258 e. The zero-order chi connectivity index (χ0) is 17.8. The number of carbonyl (C=O) groups excluding carboxylic acids is 2. The highest BCUT2D eigenvalue weighted by Crippen LogP contribution is 2.37. The van der Waals surface area contributed by atoms with Gasteiger partial charge in [0.25, 0.3) is 5.91 Å². The predicted octanol–water partition coefficient (Wildman–Crippen LogP) is 4.27. The van der Waals surface area contributed by atoms with Crippen LogP contribution in [-0.2, 0) is 4.79 Å². The lowest BCUT2D eigenvalue weighted by Gasteiger charge is -2.26. The van der Waals surface area contributed by atoms with Gasteiger partial charge >= 0.3 is 0 Å². The van der Waals surface area contributed by atoms with Crippen LogP contribution in [0.2, 0.25) is 5.02 Å². The molecule has 1 atom stereocenters. The van der Waals surface area contributed by atoms with Gasteiger partial charge in [0.15, 0.2) is 12.4 Å². The Morgan fingerprint density at radius 2 is 2.12 bits per heavy atom. The van der Waals surface area contributed by atoms with Crippen LogP contribution in [0.15, 0.2) is 47.4 Å². The summed E-state index contributed by atoms with van der Waals surface area (Å²) in [5.74, 6) is 1.21. The van der Waals surface area contributed by atoms with E-state index in [4.69, 9.17) is 16.3 Å². The summed E-state index contributed by atoms with van der Waals surface area (Å²) in [5, 5.41) is 3.67. The first kappa shape index (κ1) is 17.8. The summed E-state index contributed by atoms with van der Waals surface area (Å²) >= 11 is 7.86. The molecule has 0 saturated carbocycles. The molecule has 1 amide bonds. The molecule has 1 heterocycles. The van der Waals surface area contributed by atoms with E-state index in [-0.39, 0.29) is 24.3 Å².